The van der Waals surface area contributed by atoms with Crippen molar-refractivity contribution in [2.45, 2.75) is 63.8 Å². The SMILES string of the molecule is CN(C(=O)C1CCCCC1C(=O)O)C1CCCCC1. The highest BCUT2D eigenvalue weighted by atomic mass is 16.4. The van der Waals surface area contributed by atoms with Gasteiger partial charge in [0, 0.05) is 13.1 Å². The highest BCUT2D eigenvalue weighted by molar-refractivity contribution is 5.85. The molecule has 2 atom stereocenters. The Morgan fingerprint density at radius 2 is 1.42 bits per heavy atom. The van der Waals surface area contributed by atoms with Gasteiger partial charge in [0.1, 0.15) is 0 Å². The molecule has 0 radical (unpaired) electrons. The number of hydrogen-bond acceptors (Lipinski definition) is 2. The smallest absolute Gasteiger partial charge is 0.307 e. The lowest BCUT2D eigenvalue weighted by Crippen LogP contribution is -2.45. The zero-order chi connectivity index (χ0) is 13.8. The van der Waals surface area contributed by atoms with Gasteiger partial charge in [0.15, 0.2) is 0 Å². The zero-order valence-corrected chi connectivity index (χ0v) is 11.8. The summed E-state index contributed by atoms with van der Waals surface area (Å²) in [4.78, 5) is 25.7. The van der Waals surface area contributed by atoms with Crippen molar-refractivity contribution in [3.05, 3.63) is 0 Å². The second-order valence-electron chi connectivity index (χ2n) is 6.08. The molecule has 0 aromatic rings. The van der Waals surface area contributed by atoms with E-state index in [1.165, 1.54) is 19.3 Å². The molecule has 2 fully saturated rings. The molecule has 4 nitrogen and oxygen atoms in total. The van der Waals surface area contributed by atoms with Crippen LogP contribution in [0.1, 0.15) is 57.8 Å². The Kier molecular flexibility index (Phi) is 4.83. The van der Waals surface area contributed by atoms with Gasteiger partial charge in [-0.1, -0.05) is 32.1 Å². The molecule has 0 saturated heterocycles. The summed E-state index contributed by atoms with van der Waals surface area (Å²) >= 11 is 0. The van der Waals surface area contributed by atoms with Gasteiger partial charge in [0.05, 0.1) is 11.8 Å². The third-order valence-electron chi connectivity index (χ3n) is 4.87. The lowest BCUT2D eigenvalue weighted by molar-refractivity contribution is -0.152. The molecule has 1 amide bonds. The van der Waals surface area contributed by atoms with E-state index >= 15 is 0 Å². The Bertz CT molecular complexity index is 336. The van der Waals surface area contributed by atoms with Crippen LogP contribution >= 0.6 is 0 Å². The maximum Gasteiger partial charge on any atom is 0.307 e. The van der Waals surface area contributed by atoms with Crippen molar-refractivity contribution in [1.82, 2.24) is 4.90 Å². The van der Waals surface area contributed by atoms with Crippen LogP contribution in [0.4, 0.5) is 0 Å². The summed E-state index contributed by atoms with van der Waals surface area (Å²) in [5.41, 5.74) is 0. The number of carbonyl (C=O) groups excluding carboxylic acids is 1. The third-order valence-corrected chi connectivity index (χ3v) is 4.87. The fraction of sp³-hybridized carbons (Fsp3) is 0.867. The number of carbonyl (C=O) groups is 2. The first kappa shape index (κ1) is 14.4. The molecule has 2 aliphatic rings. The van der Waals surface area contributed by atoms with Crippen LogP contribution in [0.5, 0.6) is 0 Å². The van der Waals surface area contributed by atoms with E-state index in [0.717, 1.165) is 32.1 Å². The summed E-state index contributed by atoms with van der Waals surface area (Å²) in [5, 5.41) is 9.28. The van der Waals surface area contributed by atoms with Crippen molar-refractivity contribution in [1.29, 1.82) is 0 Å². The van der Waals surface area contributed by atoms with Gasteiger partial charge in [0.2, 0.25) is 5.91 Å². The van der Waals surface area contributed by atoms with Crippen molar-refractivity contribution >= 4 is 11.9 Å². The summed E-state index contributed by atoms with van der Waals surface area (Å²) in [6, 6.07) is 0.331. The molecule has 0 bridgehead atoms. The van der Waals surface area contributed by atoms with Crippen molar-refractivity contribution in [3.8, 4) is 0 Å². The molecule has 0 aliphatic heterocycles. The van der Waals surface area contributed by atoms with E-state index < -0.39 is 11.9 Å². The Morgan fingerprint density at radius 1 is 0.895 bits per heavy atom. The van der Waals surface area contributed by atoms with E-state index in [1.54, 1.807) is 0 Å². The van der Waals surface area contributed by atoms with Gasteiger partial charge in [-0.25, -0.2) is 0 Å². The van der Waals surface area contributed by atoms with E-state index in [1.807, 2.05) is 11.9 Å². The number of amides is 1. The molecule has 4 heteroatoms. The molecule has 0 aromatic carbocycles. The first-order chi connectivity index (χ1) is 9.11. The number of carboxylic acids is 1. The highest BCUT2D eigenvalue weighted by Gasteiger charge is 2.38. The van der Waals surface area contributed by atoms with Gasteiger partial charge < -0.3 is 10.0 Å². The second kappa shape index (κ2) is 6.40. The van der Waals surface area contributed by atoms with Crippen LogP contribution < -0.4 is 0 Å². The number of rotatable bonds is 3. The van der Waals surface area contributed by atoms with Crippen LogP contribution in [-0.4, -0.2) is 35.0 Å². The van der Waals surface area contributed by atoms with Gasteiger partial charge >= 0.3 is 5.97 Å². The van der Waals surface area contributed by atoms with E-state index in [4.69, 9.17) is 0 Å². The maximum absolute atomic E-state index is 12.6. The maximum atomic E-state index is 12.6. The predicted molar refractivity (Wildman–Crippen MR) is 72.7 cm³/mol. The minimum absolute atomic E-state index is 0.0685. The molecule has 0 heterocycles. The van der Waals surface area contributed by atoms with Crippen LogP contribution in [0, 0.1) is 11.8 Å². The molecule has 0 spiro atoms. The Hall–Kier alpha value is -1.06. The molecular weight excluding hydrogens is 242 g/mol. The van der Waals surface area contributed by atoms with Crippen LogP contribution in [0.25, 0.3) is 0 Å². The van der Waals surface area contributed by atoms with Crippen LogP contribution in [0.3, 0.4) is 0 Å². The monoisotopic (exact) mass is 267 g/mol. The molecule has 19 heavy (non-hydrogen) atoms. The Balaban J connectivity index is 2.01. The molecule has 1 N–H and O–H groups in total. The van der Waals surface area contributed by atoms with Crippen molar-refractivity contribution in [3.63, 3.8) is 0 Å². The first-order valence-electron chi connectivity index (χ1n) is 7.60. The summed E-state index contributed by atoms with van der Waals surface area (Å²) in [5.74, 6) is -1.49. The van der Waals surface area contributed by atoms with Gasteiger partial charge in [0.25, 0.3) is 0 Å². The molecule has 2 unspecified atom stereocenters. The van der Waals surface area contributed by atoms with Crippen LogP contribution in [-0.2, 0) is 9.59 Å². The van der Waals surface area contributed by atoms with E-state index in [9.17, 15) is 14.7 Å². The Labute approximate surface area is 115 Å². The Morgan fingerprint density at radius 3 is 2.00 bits per heavy atom. The minimum Gasteiger partial charge on any atom is -0.481 e. The third kappa shape index (κ3) is 3.28. The number of aliphatic carboxylic acids is 1. The first-order valence-corrected chi connectivity index (χ1v) is 7.60. The summed E-state index contributed by atoms with van der Waals surface area (Å²) in [6.45, 7) is 0. The van der Waals surface area contributed by atoms with E-state index in [2.05, 4.69) is 0 Å². The van der Waals surface area contributed by atoms with Gasteiger partial charge in [-0.15, -0.1) is 0 Å². The fourth-order valence-corrected chi connectivity index (χ4v) is 3.63. The van der Waals surface area contributed by atoms with Gasteiger partial charge in [-0.2, -0.15) is 0 Å². The average Bonchev–Trinajstić information content (AvgIpc) is 2.46. The highest BCUT2D eigenvalue weighted by Crippen LogP contribution is 2.33. The molecule has 2 rings (SSSR count). The quantitative estimate of drug-likeness (QED) is 0.855. The average molecular weight is 267 g/mol. The van der Waals surface area contributed by atoms with Gasteiger partial charge in [-0.05, 0) is 25.7 Å². The lowest BCUT2D eigenvalue weighted by atomic mass is 9.78. The van der Waals surface area contributed by atoms with Crippen molar-refractivity contribution < 1.29 is 14.7 Å². The van der Waals surface area contributed by atoms with E-state index in [-0.39, 0.29) is 11.8 Å². The van der Waals surface area contributed by atoms with Crippen LogP contribution in [0.15, 0.2) is 0 Å². The van der Waals surface area contributed by atoms with Crippen LogP contribution in [0.2, 0.25) is 0 Å². The molecular formula is C15H25NO3. The molecule has 2 aliphatic carbocycles. The zero-order valence-electron chi connectivity index (χ0n) is 11.8. The molecule has 108 valence electrons. The second-order valence-corrected chi connectivity index (χ2v) is 6.08. The summed E-state index contributed by atoms with van der Waals surface area (Å²) < 4.78 is 0. The lowest BCUT2D eigenvalue weighted by Gasteiger charge is -2.36. The normalized spacial score (nSPS) is 28.9. The van der Waals surface area contributed by atoms with Crippen molar-refractivity contribution in [2.24, 2.45) is 11.8 Å². The van der Waals surface area contributed by atoms with Crippen molar-refractivity contribution in [2.75, 3.05) is 7.05 Å². The summed E-state index contributed by atoms with van der Waals surface area (Å²) in [6.07, 6.45) is 9.12. The molecule has 2 saturated carbocycles. The number of carboxylic acid groups (broad SMARTS) is 1. The summed E-state index contributed by atoms with van der Waals surface area (Å²) in [7, 11) is 1.87. The minimum atomic E-state index is -0.796. The topological polar surface area (TPSA) is 57.6 Å². The molecule has 0 aromatic heterocycles. The standard InChI is InChI=1S/C15H25NO3/c1-16(11-7-3-2-4-8-11)14(17)12-9-5-6-10-13(12)15(18)19/h11-13H,2-10H2,1H3,(H,18,19). The number of hydrogen-bond donors (Lipinski definition) is 1. The fourth-order valence-electron chi connectivity index (χ4n) is 3.63. The van der Waals surface area contributed by atoms with Gasteiger partial charge in [-0.3, -0.25) is 9.59 Å². The number of nitrogens with zero attached hydrogens (tertiary/aromatic N) is 1. The van der Waals surface area contributed by atoms with E-state index in [0.29, 0.717) is 12.5 Å². The predicted octanol–water partition coefficient (Wildman–Crippen LogP) is 2.67. The largest absolute Gasteiger partial charge is 0.481 e.